The summed E-state index contributed by atoms with van der Waals surface area (Å²) in [5.74, 6) is 2.05. The zero-order chi connectivity index (χ0) is 12.6. The Morgan fingerprint density at radius 2 is 1.72 bits per heavy atom. The van der Waals surface area contributed by atoms with E-state index < -0.39 is 0 Å². The Balaban J connectivity index is 1.70. The Bertz CT molecular complexity index is 281. The SMILES string of the molecule is CN(C1CCCC1)C1(CN)CCCC(C2CC2)C1. The van der Waals surface area contributed by atoms with Gasteiger partial charge < -0.3 is 5.73 Å². The molecular weight excluding hydrogens is 220 g/mol. The number of hydrogen-bond acceptors (Lipinski definition) is 2. The van der Waals surface area contributed by atoms with Crippen LogP contribution in [-0.4, -0.2) is 30.1 Å². The number of hydrogen-bond donors (Lipinski definition) is 1. The number of nitrogens with two attached hydrogens (primary N) is 1. The number of likely N-dealkylation sites (N-methyl/N-ethyl adjacent to an activating group) is 1. The molecule has 0 aromatic heterocycles. The van der Waals surface area contributed by atoms with Crippen LogP contribution in [0.5, 0.6) is 0 Å². The second-order valence-electron chi connectivity index (χ2n) is 7.17. The highest BCUT2D eigenvalue weighted by molar-refractivity contribution is 5.01. The predicted molar refractivity (Wildman–Crippen MR) is 76.5 cm³/mol. The molecule has 3 rings (SSSR count). The molecule has 0 spiro atoms. The van der Waals surface area contributed by atoms with Gasteiger partial charge in [-0.05, 0) is 57.4 Å². The maximum absolute atomic E-state index is 6.25. The van der Waals surface area contributed by atoms with Crippen LogP contribution >= 0.6 is 0 Å². The minimum Gasteiger partial charge on any atom is -0.329 e. The van der Waals surface area contributed by atoms with E-state index in [-0.39, 0.29) is 0 Å². The molecule has 0 aliphatic heterocycles. The van der Waals surface area contributed by atoms with Crippen molar-refractivity contribution in [2.75, 3.05) is 13.6 Å². The van der Waals surface area contributed by atoms with Crippen LogP contribution in [0.1, 0.15) is 64.2 Å². The lowest BCUT2D eigenvalue weighted by molar-refractivity contribution is 0.0213. The van der Waals surface area contributed by atoms with Crippen molar-refractivity contribution in [1.82, 2.24) is 4.90 Å². The maximum atomic E-state index is 6.25. The largest absolute Gasteiger partial charge is 0.329 e. The first-order valence-electron chi connectivity index (χ1n) is 8.18. The number of nitrogens with zero attached hydrogens (tertiary/aromatic N) is 1. The van der Waals surface area contributed by atoms with E-state index in [2.05, 4.69) is 11.9 Å². The Morgan fingerprint density at radius 1 is 1.00 bits per heavy atom. The second-order valence-corrected chi connectivity index (χ2v) is 7.17. The average Bonchev–Trinajstić information content (AvgIpc) is 3.13. The lowest BCUT2D eigenvalue weighted by Crippen LogP contribution is -2.57. The molecule has 3 aliphatic rings. The van der Waals surface area contributed by atoms with E-state index in [1.807, 2.05) is 0 Å². The van der Waals surface area contributed by atoms with E-state index in [0.717, 1.165) is 24.4 Å². The molecule has 0 saturated heterocycles. The van der Waals surface area contributed by atoms with E-state index in [1.54, 1.807) is 0 Å². The smallest absolute Gasteiger partial charge is 0.0334 e. The highest BCUT2D eigenvalue weighted by Crippen LogP contribution is 2.48. The van der Waals surface area contributed by atoms with Crippen LogP contribution in [0.4, 0.5) is 0 Å². The molecule has 0 radical (unpaired) electrons. The zero-order valence-electron chi connectivity index (χ0n) is 12.0. The molecule has 0 heterocycles. The molecule has 2 atom stereocenters. The predicted octanol–water partition coefficient (Wildman–Crippen LogP) is 3.16. The summed E-state index contributed by atoms with van der Waals surface area (Å²) in [6, 6.07) is 0.825. The Labute approximate surface area is 112 Å². The van der Waals surface area contributed by atoms with Crippen LogP contribution in [0.15, 0.2) is 0 Å². The second kappa shape index (κ2) is 5.13. The van der Waals surface area contributed by atoms with Crippen molar-refractivity contribution < 1.29 is 0 Å². The van der Waals surface area contributed by atoms with Gasteiger partial charge in [0, 0.05) is 18.1 Å². The Morgan fingerprint density at radius 3 is 2.33 bits per heavy atom. The molecule has 2 N–H and O–H groups in total. The first-order valence-corrected chi connectivity index (χ1v) is 8.18. The normalized spacial score (nSPS) is 38.5. The van der Waals surface area contributed by atoms with Crippen molar-refractivity contribution in [1.29, 1.82) is 0 Å². The fraction of sp³-hybridized carbons (Fsp3) is 1.00. The Kier molecular flexibility index (Phi) is 3.68. The third-order valence-electron chi connectivity index (χ3n) is 6.15. The van der Waals surface area contributed by atoms with Gasteiger partial charge in [0.15, 0.2) is 0 Å². The van der Waals surface area contributed by atoms with Crippen molar-refractivity contribution in [2.45, 2.75) is 75.8 Å². The standard InChI is InChI=1S/C16H30N2/c1-18(15-6-2-3-7-15)16(12-17)10-4-5-14(11-16)13-8-9-13/h13-15H,2-12,17H2,1H3. The lowest BCUT2D eigenvalue weighted by atomic mass is 9.72. The molecule has 2 nitrogen and oxygen atoms in total. The summed E-state index contributed by atoms with van der Waals surface area (Å²) < 4.78 is 0. The molecule has 104 valence electrons. The third kappa shape index (κ3) is 2.34. The molecule has 0 aromatic carbocycles. The van der Waals surface area contributed by atoms with Crippen LogP contribution in [0.25, 0.3) is 0 Å². The molecule has 3 fully saturated rings. The van der Waals surface area contributed by atoms with Gasteiger partial charge in [-0.2, -0.15) is 0 Å². The molecule has 0 bridgehead atoms. The fourth-order valence-corrected chi connectivity index (χ4v) is 4.68. The van der Waals surface area contributed by atoms with Crippen LogP contribution in [0.3, 0.4) is 0 Å². The molecule has 3 aliphatic carbocycles. The summed E-state index contributed by atoms with van der Waals surface area (Å²) in [5.41, 5.74) is 6.60. The van der Waals surface area contributed by atoms with Gasteiger partial charge in [-0.1, -0.05) is 25.7 Å². The van der Waals surface area contributed by atoms with Gasteiger partial charge in [0.1, 0.15) is 0 Å². The monoisotopic (exact) mass is 250 g/mol. The summed E-state index contributed by atoms with van der Waals surface area (Å²) in [7, 11) is 2.37. The maximum Gasteiger partial charge on any atom is 0.0334 e. The topological polar surface area (TPSA) is 29.3 Å². The molecule has 18 heavy (non-hydrogen) atoms. The molecule has 2 unspecified atom stereocenters. The Hall–Kier alpha value is -0.0800. The van der Waals surface area contributed by atoms with E-state index in [4.69, 9.17) is 5.73 Å². The summed E-state index contributed by atoms with van der Waals surface area (Å²) in [6.45, 7) is 0.878. The minimum absolute atomic E-state index is 0.348. The summed E-state index contributed by atoms with van der Waals surface area (Å²) in [5, 5.41) is 0. The lowest BCUT2D eigenvalue weighted by Gasteiger charge is -2.49. The van der Waals surface area contributed by atoms with Crippen LogP contribution in [0, 0.1) is 11.8 Å². The zero-order valence-corrected chi connectivity index (χ0v) is 12.0. The van der Waals surface area contributed by atoms with Crippen molar-refractivity contribution in [3.8, 4) is 0 Å². The highest BCUT2D eigenvalue weighted by atomic mass is 15.2. The summed E-state index contributed by atoms with van der Waals surface area (Å²) in [4.78, 5) is 2.72. The molecule has 2 heteroatoms. The number of rotatable bonds is 4. The van der Waals surface area contributed by atoms with Crippen molar-refractivity contribution >= 4 is 0 Å². The average molecular weight is 250 g/mol. The summed E-state index contributed by atoms with van der Waals surface area (Å²) in [6.07, 6.45) is 14.3. The first kappa shape index (κ1) is 12.9. The van der Waals surface area contributed by atoms with Crippen LogP contribution < -0.4 is 5.73 Å². The van der Waals surface area contributed by atoms with E-state index >= 15 is 0 Å². The molecule has 0 amide bonds. The van der Waals surface area contributed by atoms with Gasteiger partial charge in [-0.25, -0.2) is 0 Å². The van der Waals surface area contributed by atoms with Gasteiger partial charge in [0.2, 0.25) is 0 Å². The van der Waals surface area contributed by atoms with E-state index in [9.17, 15) is 0 Å². The quantitative estimate of drug-likeness (QED) is 0.830. The highest BCUT2D eigenvalue weighted by Gasteiger charge is 2.45. The van der Waals surface area contributed by atoms with Crippen molar-refractivity contribution in [3.05, 3.63) is 0 Å². The van der Waals surface area contributed by atoms with Gasteiger partial charge in [-0.3, -0.25) is 4.90 Å². The first-order chi connectivity index (χ1) is 8.75. The van der Waals surface area contributed by atoms with Crippen LogP contribution in [-0.2, 0) is 0 Å². The van der Waals surface area contributed by atoms with Crippen molar-refractivity contribution in [3.63, 3.8) is 0 Å². The molecule has 3 saturated carbocycles. The van der Waals surface area contributed by atoms with E-state index in [1.165, 1.54) is 64.2 Å². The fourth-order valence-electron chi connectivity index (χ4n) is 4.68. The van der Waals surface area contributed by atoms with Gasteiger partial charge >= 0.3 is 0 Å². The van der Waals surface area contributed by atoms with E-state index in [0.29, 0.717) is 5.54 Å². The summed E-state index contributed by atoms with van der Waals surface area (Å²) >= 11 is 0. The van der Waals surface area contributed by atoms with Crippen molar-refractivity contribution in [2.24, 2.45) is 17.6 Å². The minimum atomic E-state index is 0.348. The van der Waals surface area contributed by atoms with Crippen LogP contribution in [0.2, 0.25) is 0 Å². The third-order valence-corrected chi connectivity index (χ3v) is 6.15. The van der Waals surface area contributed by atoms with Gasteiger partial charge in [0.25, 0.3) is 0 Å². The van der Waals surface area contributed by atoms with Gasteiger partial charge in [0.05, 0.1) is 0 Å². The molecular formula is C16H30N2. The van der Waals surface area contributed by atoms with Gasteiger partial charge in [-0.15, -0.1) is 0 Å². The molecule has 0 aromatic rings.